The maximum Gasteiger partial charge on any atom is 0.249 e. The number of H-pyrrole nitrogens is 1. The third kappa shape index (κ3) is 3.76. The molecule has 31 heavy (non-hydrogen) atoms. The third-order valence-electron chi connectivity index (χ3n) is 6.03. The molecule has 2 heterocycles. The molecular formula is C22H27N5O3S. The number of aliphatic hydroxyl groups is 1. The molecule has 0 fully saturated rings. The molecule has 0 bridgehead atoms. The fraction of sp³-hybridized carbons (Fsp3) is 0.455. The summed E-state index contributed by atoms with van der Waals surface area (Å²) in [6.07, 6.45) is 9.64. The van der Waals surface area contributed by atoms with E-state index in [1.807, 2.05) is 0 Å². The van der Waals surface area contributed by atoms with Crippen LogP contribution in [-0.2, 0) is 42.1 Å². The Morgan fingerprint density at radius 2 is 1.84 bits per heavy atom. The second-order valence-corrected chi connectivity index (χ2v) is 11.0. The topological polar surface area (TPSA) is 113 Å². The fourth-order valence-corrected chi connectivity index (χ4v) is 5.85. The molecule has 164 valence electrons. The minimum Gasteiger partial charge on any atom is -0.389 e. The van der Waals surface area contributed by atoms with Crippen molar-refractivity contribution in [3.8, 4) is 0 Å². The summed E-state index contributed by atoms with van der Waals surface area (Å²) >= 11 is 0. The van der Waals surface area contributed by atoms with Crippen molar-refractivity contribution in [2.24, 2.45) is 0 Å². The van der Waals surface area contributed by atoms with E-state index in [9.17, 15) is 13.5 Å². The Hall–Kier alpha value is -2.65. The molecule has 5 rings (SSSR count). The Labute approximate surface area is 181 Å². The van der Waals surface area contributed by atoms with Crippen molar-refractivity contribution in [1.82, 2.24) is 19.7 Å². The molecule has 0 radical (unpaired) electrons. The predicted octanol–water partition coefficient (Wildman–Crippen LogP) is 2.93. The highest BCUT2D eigenvalue weighted by Gasteiger charge is 2.27. The number of anilines is 2. The summed E-state index contributed by atoms with van der Waals surface area (Å²) in [6, 6.07) is 3.86. The molecule has 2 aliphatic rings. The standard InChI is InChI=1S/C22H27N5O3S/c1-22(2,28)13-27-10-9-16(12-27)31(29,30)21-24-20(25-26-21)23-19-17-7-3-5-14(17)11-15-6-4-8-18(15)19/h9-12,28H,3-8,13H2,1-2H3,(H2,23,24,25,26). The molecule has 3 N–H and O–H groups in total. The van der Waals surface area contributed by atoms with E-state index in [-0.39, 0.29) is 22.5 Å². The molecule has 0 spiro atoms. The van der Waals surface area contributed by atoms with Crippen molar-refractivity contribution in [1.29, 1.82) is 0 Å². The summed E-state index contributed by atoms with van der Waals surface area (Å²) < 4.78 is 27.7. The smallest absolute Gasteiger partial charge is 0.249 e. The molecule has 2 aliphatic carbocycles. The van der Waals surface area contributed by atoms with Gasteiger partial charge in [-0.1, -0.05) is 6.07 Å². The van der Waals surface area contributed by atoms with Crippen LogP contribution in [0.15, 0.2) is 34.6 Å². The SMILES string of the molecule is CC(C)(O)Cn1ccc(S(=O)(=O)c2nc(Nc3c4c(cc5c3CCC5)CCC4)n[nH]2)c1. The summed E-state index contributed by atoms with van der Waals surface area (Å²) in [5.41, 5.74) is 5.54. The third-order valence-corrected chi connectivity index (χ3v) is 7.59. The number of aromatic nitrogens is 4. The summed E-state index contributed by atoms with van der Waals surface area (Å²) in [5, 5.41) is 19.8. The van der Waals surface area contributed by atoms with Gasteiger partial charge in [0.2, 0.25) is 20.9 Å². The van der Waals surface area contributed by atoms with Crippen molar-refractivity contribution in [2.45, 2.75) is 74.6 Å². The lowest BCUT2D eigenvalue weighted by atomic mass is 9.99. The number of nitrogens with zero attached hydrogens (tertiary/aromatic N) is 3. The second-order valence-electron chi connectivity index (χ2n) is 9.16. The van der Waals surface area contributed by atoms with E-state index in [0.717, 1.165) is 44.2 Å². The first-order valence-corrected chi connectivity index (χ1v) is 12.2. The van der Waals surface area contributed by atoms with Gasteiger partial charge in [0.1, 0.15) is 0 Å². The van der Waals surface area contributed by atoms with E-state index in [4.69, 9.17) is 0 Å². The number of hydrogen-bond acceptors (Lipinski definition) is 6. The predicted molar refractivity (Wildman–Crippen MR) is 116 cm³/mol. The van der Waals surface area contributed by atoms with Crippen LogP contribution in [0.4, 0.5) is 11.6 Å². The van der Waals surface area contributed by atoms with Gasteiger partial charge in [0.25, 0.3) is 0 Å². The number of aromatic amines is 1. The Kier molecular flexibility index (Phi) is 4.71. The monoisotopic (exact) mass is 441 g/mol. The first-order valence-electron chi connectivity index (χ1n) is 10.7. The van der Waals surface area contributed by atoms with Crippen LogP contribution < -0.4 is 5.32 Å². The molecule has 0 unspecified atom stereocenters. The number of aryl methyl sites for hydroxylation is 2. The van der Waals surface area contributed by atoms with Gasteiger partial charge in [0, 0.05) is 18.1 Å². The molecule has 0 saturated heterocycles. The van der Waals surface area contributed by atoms with Gasteiger partial charge < -0.3 is 15.0 Å². The molecule has 0 saturated carbocycles. The average Bonchev–Trinajstić information content (AvgIpc) is 3.47. The zero-order chi connectivity index (χ0) is 21.8. The number of benzene rings is 1. The maximum absolute atomic E-state index is 13.0. The number of rotatable bonds is 6. The molecule has 2 aromatic heterocycles. The average molecular weight is 442 g/mol. The minimum atomic E-state index is -3.84. The Bertz CT molecular complexity index is 1220. The zero-order valence-electron chi connectivity index (χ0n) is 17.8. The number of fused-ring (bicyclic) bond motifs is 2. The van der Waals surface area contributed by atoms with Crippen molar-refractivity contribution >= 4 is 21.5 Å². The van der Waals surface area contributed by atoms with Crippen LogP contribution in [0.3, 0.4) is 0 Å². The normalized spacial score (nSPS) is 15.8. The van der Waals surface area contributed by atoms with Gasteiger partial charge in [0.15, 0.2) is 0 Å². The van der Waals surface area contributed by atoms with Crippen LogP contribution in [-0.4, -0.2) is 38.9 Å². The summed E-state index contributed by atoms with van der Waals surface area (Å²) in [7, 11) is -3.84. The Morgan fingerprint density at radius 1 is 1.16 bits per heavy atom. The van der Waals surface area contributed by atoms with E-state index in [1.165, 1.54) is 34.5 Å². The Morgan fingerprint density at radius 3 is 2.48 bits per heavy atom. The molecular weight excluding hydrogens is 414 g/mol. The van der Waals surface area contributed by atoms with E-state index in [1.54, 1.807) is 24.6 Å². The lowest BCUT2D eigenvalue weighted by Gasteiger charge is -2.17. The molecule has 9 heteroatoms. The van der Waals surface area contributed by atoms with Crippen LogP contribution in [0.25, 0.3) is 0 Å². The summed E-state index contributed by atoms with van der Waals surface area (Å²) in [5.74, 6) is 0.267. The maximum atomic E-state index is 13.0. The van der Waals surface area contributed by atoms with Gasteiger partial charge >= 0.3 is 0 Å². The zero-order valence-corrected chi connectivity index (χ0v) is 18.6. The van der Waals surface area contributed by atoms with Crippen LogP contribution in [0.5, 0.6) is 0 Å². The number of hydrogen-bond donors (Lipinski definition) is 3. The van der Waals surface area contributed by atoms with Crippen molar-refractivity contribution in [2.75, 3.05) is 5.32 Å². The highest BCUT2D eigenvalue weighted by molar-refractivity contribution is 7.91. The largest absolute Gasteiger partial charge is 0.389 e. The second kappa shape index (κ2) is 7.20. The molecule has 8 nitrogen and oxygen atoms in total. The van der Waals surface area contributed by atoms with Crippen LogP contribution >= 0.6 is 0 Å². The molecule has 0 atom stereocenters. The van der Waals surface area contributed by atoms with E-state index >= 15 is 0 Å². The highest BCUT2D eigenvalue weighted by atomic mass is 32.2. The van der Waals surface area contributed by atoms with Crippen molar-refractivity contribution < 1.29 is 13.5 Å². The number of nitrogens with one attached hydrogen (secondary N) is 2. The van der Waals surface area contributed by atoms with Crippen LogP contribution in [0.1, 0.15) is 48.9 Å². The number of sulfone groups is 1. The highest BCUT2D eigenvalue weighted by Crippen LogP contribution is 2.39. The summed E-state index contributed by atoms with van der Waals surface area (Å²) in [6.45, 7) is 3.63. The van der Waals surface area contributed by atoms with E-state index in [0.29, 0.717) is 0 Å². The quantitative estimate of drug-likeness (QED) is 0.542. The fourth-order valence-electron chi connectivity index (χ4n) is 4.74. The van der Waals surface area contributed by atoms with Gasteiger partial charge in [-0.05, 0) is 80.7 Å². The van der Waals surface area contributed by atoms with Gasteiger partial charge in [-0.25, -0.2) is 13.5 Å². The van der Waals surface area contributed by atoms with Gasteiger partial charge in [-0.3, -0.25) is 0 Å². The molecule has 3 aromatic rings. The lowest BCUT2D eigenvalue weighted by Crippen LogP contribution is -2.25. The molecule has 0 amide bonds. The Balaban J connectivity index is 1.43. The van der Waals surface area contributed by atoms with Gasteiger partial charge in [-0.15, -0.1) is 5.10 Å². The van der Waals surface area contributed by atoms with E-state index in [2.05, 4.69) is 26.6 Å². The van der Waals surface area contributed by atoms with Gasteiger partial charge in [-0.2, -0.15) is 4.98 Å². The van der Waals surface area contributed by atoms with Gasteiger partial charge in [0.05, 0.1) is 17.0 Å². The lowest BCUT2D eigenvalue weighted by molar-refractivity contribution is 0.0615. The molecule has 0 aliphatic heterocycles. The van der Waals surface area contributed by atoms with Crippen LogP contribution in [0, 0.1) is 0 Å². The first-order chi connectivity index (χ1) is 14.7. The van der Waals surface area contributed by atoms with Crippen LogP contribution in [0.2, 0.25) is 0 Å². The van der Waals surface area contributed by atoms with Crippen molar-refractivity contribution in [3.05, 3.63) is 46.8 Å². The van der Waals surface area contributed by atoms with Crippen molar-refractivity contribution in [3.63, 3.8) is 0 Å². The molecule has 1 aromatic carbocycles. The first kappa shape index (κ1) is 20.3. The van der Waals surface area contributed by atoms with E-state index < -0.39 is 15.4 Å². The minimum absolute atomic E-state index is 0.112. The summed E-state index contributed by atoms with van der Waals surface area (Å²) in [4.78, 5) is 4.38.